The molecule has 34 heavy (non-hydrogen) atoms. The Kier molecular flexibility index (Phi) is 7.01. The molecule has 4 heteroatoms. The summed E-state index contributed by atoms with van der Waals surface area (Å²) < 4.78 is 47.5. The van der Waals surface area contributed by atoms with Gasteiger partial charge < -0.3 is 4.74 Å². The van der Waals surface area contributed by atoms with Crippen LogP contribution in [0.5, 0.6) is 5.75 Å². The van der Waals surface area contributed by atoms with Gasteiger partial charge in [0.05, 0.1) is 11.1 Å². The Balaban J connectivity index is 1.50. The van der Waals surface area contributed by atoms with E-state index in [0.29, 0.717) is 23.5 Å². The van der Waals surface area contributed by atoms with E-state index in [1.54, 1.807) is 30.3 Å². The second-order valence-corrected chi connectivity index (χ2v) is 7.42. The summed E-state index contributed by atoms with van der Waals surface area (Å²) in [6, 6.07) is 18.8. The first-order valence-electron chi connectivity index (χ1n) is 10.6. The Morgan fingerprint density at radius 3 is 2.00 bits per heavy atom. The van der Waals surface area contributed by atoms with Crippen LogP contribution in [0.4, 0.5) is 13.2 Å². The maximum absolute atomic E-state index is 14.5. The standard InChI is InChI=1S/C30H19F3O/c1-2-3-16-34-28-15-13-24(30(33)20-28)10-6-22-5-9-23(29(32)18-22)8-4-21-7-11-26-19-27(31)14-12-25(26)17-21/h2-3,5,7,9,11-15,17-20H,16H2,1H3/b3-2+. The number of fused-ring (bicyclic) bond motifs is 1. The van der Waals surface area contributed by atoms with Gasteiger partial charge in [0.2, 0.25) is 0 Å². The minimum atomic E-state index is -0.518. The summed E-state index contributed by atoms with van der Waals surface area (Å²) in [5.74, 6) is 10.3. The van der Waals surface area contributed by atoms with Gasteiger partial charge in [0.1, 0.15) is 29.8 Å². The molecule has 1 nitrogen and oxygen atoms in total. The van der Waals surface area contributed by atoms with E-state index in [2.05, 4.69) is 23.7 Å². The lowest BCUT2D eigenvalue weighted by Crippen LogP contribution is -1.94. The minimum absolute atomic E-state index is 0.193. The van der Waals surface area contributed by atoms with Gasteiger partial charge in [-0.2, -0.15) is 0 Å². The van der Waals surface area contributed by atoms with Crippen LogP contribution in [0.15, 0.2) is 84.9 Å². The van der Waals surface area contributed by atoms with E-state index in [1.165, 1.54) is 36.4 Å². The van der Waals surface area contributed by atoms with Gasteiger partial charge in [0, 0.05) is 17.2 Å². The van der Waals surface area contributed by atoms with E-state index < -0.39 is 11.6 Å². The highest BCUT2D eigenvalue weighted by atomic mass is 19.1. The van der Waals surface area contributed by atoms with Crippen LogP contribution >= 0.6 is 0 Å². The Morgan fingerprint density at radius 2 is 1.29 bits per heavy atom. The molecule has 4 aromatic carbocycles. The number of hydrogen-bond acceptors (Lipinski definition) is 1. The van der Waals surface area contributed by atoms with Crippen molar-refractivity contribution in [1.82, 2.24) is 0 Å². The molecule has 0 saturated heterocycles. The highest BCUT2D eigenvalue weighted by Crippen LogP contribution is 2.18. The maximum Gasteiger partial charge on any atom is 0.142 e. The number of ether oxygens (including phenoxy) is 1. The number of allylic oxidation sites excluding steroid dienone is 1. The van der Waals surface area contributed by atoms with E-state index >= 15 is 0 Å². The summed E-state index contributed by atoms with van der Waals surface area (Å²) in [5.41, 5.74) is 1.51. The van der Waals surface area contributed by atoms with Crippen LogP contribution in [0.2, 0.25) is 0 Å². The normalized spacial score (nSPS) is 10.5. The Bertz CT molecular complexity index is 1510. The molecule has 0 heterocycles. The lowest BCUT2D eigenvalue weighted by atomic mass is 10.1. The largest absolute Gasteiger partial charge is 0.489 e. The molecule has 0 aromatic heterocycles. The van der Waals surface area contributed by atoms with Crippen LogP contribution in [0, 0.1) is 41.1 Å². The fourth-order valence-corrected chi connectivity index (χ4v) is 3.20. The molecule has 4 rings (SSSR count). The third kappa shape index (κ3) is 5.68. The molecule has 0 saturated carbocycles. The topological polar surface area (TPSA) is 9.23 Å². The van der Waals surface area contributed by atoms with Gasteiger partial charge in [-0.25, -0.2) is 13.2 Å². The quantitative estimate of drug-likeness (QED) is 0.240. The van der Waals surface area contributed by atoms with E-state index in [9.17, 15) is 13.2 Å². The molecule has 0 amide bonds. The van der Waals surface area contributed by atoms with Crippen molar-refractivity contribution in [2.75, 3.05) is 6.61 Å². The van der Waals surface area contributed by atoms with Crippen molar-refractivity contribution in [3.63, 3.8) is 0 Å². The molecule has 0 fully saturated rings. The lowest BCUT2D eigenvalue weighted by Gasteiger charge is -2.03. The van der Waals surface area contributed by atoms with E-state index in [-0.39, 0.29) is 16.9 Å². The summed E-state index contributed by atoms with van der Waals surface area (Å²) >= 11 is 0. The average molecular weight is 452 g/mol. The van der Waals surface area contributed by atoms with Crippen molar-refractivity contribution < 1.29 is 17.9 Å². The molecule has 0 aliphatic rings. The fourth-order valence-electron chi connectivity index (χ4n) is 3.20. The van der Waals surface area contributed by atoms with Crippen molar-refractivity contribution >= 4 is 10.8 Å². The number of benzene rings is 4. The van der Waals surface area contributed by atoms with Crippen LogP contribution in [0.25, 0.3) is 10.8 Å². The predicted molar refractivity (Wildman–Crippen MR) is 129 cm³/mol. The highest BCUT2D eigenvalue weighted by Gasteiger charge is 2.03. The zero-order valence-electron chi connectivity index (χ0n) is 18.3. The highest BCUT2D eigenvalue weighted by molar-refractivity contribution is 5.84. The van der Waals surface area contributed by atoms with Crippen molar-refractivity contribution in [2.45, 2.75) is 6.92 Å². The van der Waals surface area contributed by atoms with Crippen LogP contribution in [-0.4, -0.2) is 6.61 Å². The van der Waals surface area contributed by atoms with Gasteiger partial charge in [0.25, 0.3) is 0 Å². The molecule has 0 bridgehead atoms. The summed E-state index contributed by atoms with van der Waals surface area (Å²) in [5, 5.41) is 1.62. The molecular weight excluding hydrogens is 433 g/mol. The summed E-state index contributed by atoms with van der Waals surface area (Å²) in [6.07, 6.45) is 3.66. The zero-order chi connectivity index (χ0) is 23.9. The fraction of sp³-hybridized carbons (Fsp3) is 0.0667. The molecule has 0 radical (unpaired) electrons. The van der Waals surface area contributed by atoms with Gasteiger partial charge in [-0.05, 0) is 72.3 Å². The molecule has 0 aliphatic carbocycles. The summed E-state index contributed by atoms with van der Waals surface area (Å²) in [7, 11) is 0. The first-order chi connectivity index (χ1) is 16.5. The predicted octanol–water partition coefficient (Wildman–Crippen LogP) is 7.01. The smallest absolute Gasteiger partial charge is 0.142 e. The van der Waals surface area contributed by atoms with Gasteiger partial charge in [0.15, 0.2) is 0 Å². The average Bonchev–Trinajstić information content (AvgIpc) is 2.83. The molecule has 0 aliphatic heterocycles. The monoisotopic (exact) mass is 452 g/mol. The first-order valence-corrected chi connectivity index (χ1v) is 10.6. The molecule has 0 atom stereocenters. The molecule has 0 N–H and O–H groups in total. The van der Waals surface area contributed by atoms with E-state index in [0.717, 1.165) is 10.8 Å². The van der Waals surface area contributed by atoms with Gasteiger partial charge >= 0.3 is 0 Å². The molecule has 166 valence electrons. The van der Waals surface area contributed by atoms with Gasteiger partial charge in [-0.1, -0.05) is 48.0 Å². The van der Waals surface area contributed by atoms with E-state index in [4.69, 9.17) is 4.74 Å². The van der Waals surface area contributed by atoms with Gasteiger partial charge in [-0.15, -0.1) is 0 Å². The summed E-state index contributed by atoms with van der Waals surface area (Å²) in [4.78, 5) is 0. The van der Waals surface area contributed by atoms with E-state index in [1.807, 2.05) is 25.1 Å². The molecule has 0 unspecified atom stereocenters. The second kappa shape index (κ2) is 10.5. The second-order valence-electron chi connectivity index (χ2n) is 7.42. The first kappa shape index (κ1) is 22.8. The zero-order valence-corrected chi connectivity index (χ0v) is 18.3. The number of halogens is 3. The lowest BCUT2D eigenvalue weighted by molar-refractivity contribution is 0.360. The molecular formula is C30H19F3O. The molecule has 4 aromatic rings. The Hall–Kier alpha value is -4.41. The van der Waals surface area contributed by atoms with Crippen molar-refractivity contribution in [2.24, 2.45) is 0 Å². The Labute approximate surface area is 196 Å². The Morgan fingerprint density at radius 1 is 0.676 bits per heavy atom. The van der Waals surface area contributed by atoms with Crippen LogP contribution in [0.3, 0.4) is 0 Å². The van der Waals surface area contributed by atoms with Crippen LogP contribution in [0.1, 0.15) is 29.2 Å². The van der Waals surface area contributed by atoms with Gasteiger partial charge in [-0.3, -0.25) is 0 Å². The third-order valence-electron chi connectivity index (χ3n) is 4.98. The SMILES string of the molecule is C/C=C/COc1ccc(C#Cc2ccc(C#Cc3ccc4cc(F)ccc4c3)c(F)c2)c(F)c1. The van der Waals surface area contributed by atoms with Crippen molar-refractivity contribution in [3.8, 4) is 29.4 Å². The van der Waals surface area contributed by atoms with Crippen LogP contribution in [-0.2, 0) is 0 Å². The third-order valence-corrected chi connectivity index (χ3v) is 4.98. The number of hydrogen-bond donors (Lipinski definition) is 0. The van der Waals surface area contributed by atoms with Crippen LogP contribution < -0.4 is 4.74 Å². The van der Waals surface area contributed by atoms with Crippen molar-refractivity contribution in [1.29, 1.82) is 0 Å². The summed E-state index contributed by atoms with van der Waals surface area (Å²) in [6.45, 7) is 2.23. The van der Waals surface area contributed by atoms with Crippen molar-refractivity contribution in [3.05, 3.63) is 125 Å². The number of rotatable bonds is 3. The maximum atomic E-state index is 14.5. The minimum Gasteiger partial charge on any atom is -0.489 e. The molecule has 0 spiro atoms.